The molecule has 0 saturated carbocycles. The van der Waals surface area contributed by atoms with E-state index in [1.807, 2.05) is 0 Å². The monoisotopic (exact) mass is 317 g/mol. The molecule has 2 atom stereocenters. The molecule has 1 aliphatic rings. The summed E-state index contributed by atoms with van der Waals surface area (Å²) in [5.41, 5.74) is 8.74. The molecule has 1 aromatic rings. The number of unbranched alkanes of at least 4 members (excludes halogenated alkanes) is 1. The lowest BCUT2D eigenvalue weighted by Gasteiger charge is -2.36. The highest BCUT2D eigenvalue weighted by atomic mass is 16.5. The van der Waals surface area contributed by atoms with E-state index >= 15 is 0 Å². The molecule has 1 aromatic carbocycles. The first-order valence-corrected chi connectivity index (χ1v) is 7.50. The highest BCUT2D eigenvalue weighted by Gasteiger charge is 2.39. The highest BCUT2D eigenvalue weighted by Crippen LogP contribution is 2.14. The molecule has 0 bridgehead atoms. The van der Waals surface area contributed by atoms with E-state index in [9.17, 15) is 9.59 Å². The van der Waals surface area contributed by atoms with Crippen molar-refractivity contribution in [2.75, 3.05) is 13.2 Å². The number of benzene rings is 1. The van der Waals surface area contributed by atoms with E-state index in [0.717, 1.165) is 12.8 Å². The fourth-order valence-electron chi connectivity index (χ4n) is 2.15. The van der Waals surface area contributed by atoms with Gasteiger partial charge in [-0.2, -0.15) is 0 Å². The second kappa shape index (κ2) is 8.05. The molecule has 8 heteroatoms. The molecule has 2 amide bonds. The van der Waals surface area contributed by atoms with Gasteiger partial charge in [-0.3, -0.25) is 9.59 Å². The average Bonchev–Trinajstić information content (AvgIpc) is 2.57. The molecule has 1 heterocycles. The van der Waals surface area contributed by atoms with Crippen LogP contribution in [0.4, 0.5) is 0 Å². The fraction of sp³-hybridized carbons (Fsp3) is 0.467. The molecule has 0 spiro atoms. The Labute approximate surface area is 133 Å². The molecular formula is C15H19N5O3. The van der Waals surface area contributed by atoms with Crippen LogP contribution >= 0.6 is 0 Å². The zero-order valence-electron chi connectivity index (χ0n) is 12.9. The number of nitrogens with one attached hydrogen (secondary N) is 2. The van der Waals surface area contributed by atoms with Crippen molar-refractivity contribution in [3.05, 3.63) is 40.3 Å². The van der Waals surface area contributed by atoms with Crippen LogP contribution in [0.3, 0.4) is 0 Å². The van der Waals surface area contributed by atoms with E-state index in [1.54, 1.807) is 24.3 Å². The van der Waals surface area contributed by atoms with Crippen molar-refractivity contribution in [1.29, 1.82) is 0 Å². The number of nitrogens with zero attached hydrogens (tertiary/aromatic N) is 3. The Hall–Kier alpha value is -2.73. The van der Waals surface area contributed by atoms with Gasteiger partial charge in [0.2, 0.25) is 5.91 Å². The molecule has 122 valence electrons. The number of azide groups is 1. The SMILES string of the molecule is CCCCOc1ccc(C(=O)NC2C(=O)NC2CN=[N+]=[N-])cc1. The molecule has 1 saturated heterocycles. The minimum absolute atomic E-state index is 0.109. The number of hydrogen-bond donors (Lipinski definition) is 2. The van der Waals surface area contributed by atoms with Crippen LogP contribution in [0.5, 0.6) is 5.75 Å². The first-order chi connectivity index (χ1) is 11.2. The predicted octanol–water partition coefficient (Wildman–Crippen LogP) is 1.77. The van der Waals surface area contributed by atoms with Crippen molar-refractivity contribution in [3.8, 4) is 5.75 Å². The summed E-state index contributed by atoms with van der Waals surface area (Å²) in [7, 11) is 0. The third-order valence-corrected chi connectivity index (χ3v) is 3.52. The lowest BCUT2D eigenvalue weighted by atomic mass is 9.98. The summed E-state index contributed by atoms with van der Waals surface area (Å²) in [4.78, 5) is 26.3. The van der Waals surface area contributed by atoms with Crippen molar-refractivity contribution in [2.45, 2.75) is 31.8 Å². The number of amides is 2. The highest BCUT2D eigenvalue weighted by molar-refractivity contribution is 5.99. The smallest absolute Gasteiger partial charge is 0.251 e. The summed E-state index contributed by atoms with van der Waals surface area (Å²) in [5, 5.41) is 8.63. The van der Waals surface area contributed by atoms with E-state index in [-0.39, 0.29) is 24.4 Å². The van der Waals surface area contributed by atoms with Crippen LogP contribution in [0.2, 0.25) is 0 Å². The van der Waals surface area contributed by atoms with Gasteiger partial charge in [-0.05, 0) is 36.2 Å². The van der Waals surface area contributed by atoms with Gasteiger partial charge in [-0.15, -0.1) is 0 Å². The van der Waals surface area contributed by atoms with Gasteiger partial charge in [0.15, 0.2) is 0 Å². The minimum atomic E-state index is -0.673. The normalized spacial score (nSPS) is 19.1. The fourth-order valence-corrected chi connectivity index (χ4v) is 2.15. The third kappa shape index (κ3) is 4.37. The van der Waals surface area contributed by atoms with E-state index in [0.29, 0.717) is 17.9 Å². The standard InChI is InChI=1S/C15H19N5O3/c1-2-3-8-23-11-6-4-10(5-7-11)14(21)19-13-12(9-17-20-16)18-15(13)22/h4-7,12-13H,2-3,8-9H2,1H3,(H,18,22)(H,19,21). The van der Waals surface area contributed by atoms with Crippen LogP contribution in [0, 0.1) is 0 Å². The van der Waals surface area contributed by atoms with Crippen LogP contribution in [-0.4, -0.2) is 37.0 Å². The molecule has 1 aliphatic heterocycles. The number of ether oxygens (including phenoxy) is 1. The Kier molecular flexibility index (Phi) is 5.82. The van der Waals surface area contributed by atoms with Crippen molar-refractivity contribution >= 4 is 11.8 Å². The number of β-lactam (4-membered cyclic amide) rings is 1. The van der Waals surface area contributed by atoms with Crippen LogP contribution in [-0.2, 0) is 4.79 Å². The zero-order chi connectivity index (χ0) is 16.7. The molecular weight excluding hydrogens is 298 g/mol. The quantitative estimate of drug-likeness (QED) is 0.250. The van der Waals surface area contributed by atoms with Crippen LogP contribution < -0.4 is 15.4 Å². The van der Waals surface area contributed by atoms with Crippen molar-refractivity contribution in [1.82, 2.24) is 10.6 Å². The first kappa shape index (κ1) is 16.6. The van der Waals surface area contributed by atoms with Gasteiger partial charge >= 0.3 is 0 Å². The number of carbonyl (C=O) groups excluding carboxylic acids is 2. The van der Waals surface area contributed by atoms with Gasteiger partial charge in [-0.1, -0.05) is 18.5 Å². The average molecular weight is 317 g/mol. The summed E-state index contributed by atoms with van der Waals surface area (Å²) in [5.74, 6) is 0.0736. The maximum absolute atomic E-state index is 12.1. The van der Waals surface area contributed by atoms with Crippen LogP contribution in [0.1, 0.15) is 30.1 Å². The predicted molar refractivity (Wildman–Crippen MR) is 84.0 cm³/mol. The lowest BCUT2D eigenvalue weighted by Crippen LogP contribution is -2.70. The minimum Gasteiger partial charge on any atom is -0.494 e. The second-order valence-electron chi connectivity index (χ2n) is 5.21. The van der Waals surface area contributed by atoms with E-state index < -0.39 is 6.04 Å². The van der Waals surface area contributed by atoms with Crippen molar-refractivity contribution < 1.29 is 14.3 Å². The Balaban J connectivity index is 1.90. The summed E-state index contributed by atoms with van der Waals surface area (Å²) in [6.07, 6.45) is 2.03. The summed E-state index contributed by atoms with van der Waals surface area (Å²) >= 11 is 0. The lowest BCUT2D eigenvalue weighted by molar-refractivity contribution is -0.131. The van der Waals surface area contributed by atoms with Crippen LogP contribution in [0.25, 0.3) is 10.4 Å². The zero-order valence-corrected chi connectivity index (χ0v) is 12.9. The molecule has 23 heavy (non-hydrogen) atoms. The van der Waals surface area contributed by atoms with Gasteiger partial charge in [0.05, 0.1) is 12.6 Å². The Morgan fingerprint density at radius 2 is 2.17 bits per heavy atom. The van der Waals surface area contributed by atoms with Crippen molar-refractivity contribution in [2.24, 2.45) is 5.11 Å². The van der Waals surface area contributed by atoms with Crippen molar-refractivity contribution in [3.63, 3.8) is 0 Å². The molecule has 0 radical (unpaired) electrons. The van der Waals surface area contributed by atoms with Gasteiger partial charge in [-0.25, -0.2) is 0 Å². The number of hydrogen-bond acceptors (Lipinski definition) is 4. The molecule has 2 rings (SSSR count). The largest absolute Gasteiger partial charge is 0.494 e. The van der Waals surface area contributed by atoms with E-state index in [2.05, 4.69) is 27.6 Å². The molecule has 8 nitrogen and oxygen atoms in total. The summed E-state index contributed by atoms with van der Waals surface area (Å²) in [6.45, 7) is 2.84. The van der Waals surface area contributed by atoms with E-state index in [4.69, 9.17) is 10.3 Å². The molecule has 2 N–H and O–H groups in total. The van der Waals surface area contributed by atoms with E-state index in [1.165, 1.54) is 0 Å². The van der Waals surface area contributed by atoms with Gasteiger partial charge in [0, 0.05) is 17.0 Å². The topological polar surface area (TPSA) is 116 Å². The Morgan fingerprint density at radius 1 is 1.43 bits per heavy atom. The molecule has 0 aliphatic carbocycles. The van der Waals surface area contributed by atoms with Gasteiger partial charge in [0.25, 0.3) is 5.91 Å². The molecule has 2 unspecified atom stereocenters. The summed E-state index contributed by atoms with van der Waals surface area (Å²) < 4.78 is 5.53. The Bertz CT molecular complexity index is 610. The third-order valence-electron chi connectivity index (χ3n) is 3.52. The Morgan fingerprint density at radius 3 is 2.78 bits per heavy atom. The van der Waals surface area contributed by atoms with Gasteiger partial charge in [0.1, 0.15) is 11.8 Å². The maximum Gasteiger partial charge on any atom is 0.251 e. The van der Waals surface area contributed by atoms with Gasteiger partial charge < -0.3 is 15.4 Å². The molecule has 1 fully saturated rings. The second-order valence-corrected chi connectivity index (χ2v) is 5.21. The first-order valence-electron chi connectivity index (χ1n) is 7.50. The van der Waals surface area contributed by atoms with Crippen LogP contribution in [0.15, 0.2) is 29.4 Å². The number of rotatable bonds is 8. The summed E-state index contributed by atoms with van der Waals surface area (Å²) in [6, 6.07) is 5.71. The molecule has 0 aromatic heterocycles. The number of carbonyl (C=O) groups is 2. The maximum atomic E-state index is 12.1.